The second-order valence-corrected chi connectivity index (χ2v) is 3.61. The van der Waals surface area contributed by atoms with Gasteiger partial charge in [-0.2, -0.15) is 0 Å². The minimum Gasteiger partial charge on any atom is -0.419 e. The summed E-state index contributed by atoms with van der Waals surface area (Å²) in [6.07, 6.45) is 1.70. The van der Waals surface area contributed by atoms with Gasteiger partial charge in [-0.25, -0.2) is 4.98 Å². The van der Waals surface area contributed by atoms with Crippen LogP contribution < -0.4 is 10.5 Å². The Morgan fingerprint density at radius 1 is 1.44 bits per heavy atom. The summed E-state index contributed by atoms with van der Waals surface area (Å²) in [4.78, 5) is 4.16. The van der Waals surface area contributed by atoms with Crippen LogP contribution in [0.15, 0.2) is 18.3 Å². The third kappa shape index (κ3) is 2.04. The van der Waals surface area contributed by atoms with Gasteiger partial charge in [0.05, 0.1) is 0 Å². The van der Waals surface area contributed by atoms with Crippen LogP contribution in [0.2, 0.25) is 0 Å². The van der Waals surface area contributed by atoms with Gasteiger partial charge in [0.1, 0.15) is 0 Å². The standard InChI is InChI=1S/C11H14N4O/c1-7-3-4-13-11(9(7)6-12)16-10-5-8(2)14-15-10/h3-5H,6,12H2,1-2H3,(H,14,15). The number of nitrogens with two attached hydrogens (primary N) is 1. The van der Waals surface area contributed by atoms with Gasteiger partial charge in [-0.3, -0.25) is 5.10 Å². The molecule has 0 radical (unpaired) electrons. The summed E-state index contributed by atoms with van der Waals surface area (Å²) in [6.45, 7) is 4.29. The molecule has 2 heterocycles. The summed E-state index contributed by atoms with van der Waals surface area (Å²) in [6, 6.07) is 3.72. The van der Waals surface area contributed by atoms with Crippen LogP contribution in [0.3, 0.4) is 0 Å². The van der Waals surface area contributed by atoms with E-state index in [4.69, 9.17) is 10.5 Å². The van der Waals surface area contributed by atoms with E-state index in [0.29, 0.717) is 18.3 Å². The van der Waals surface area contributed by atoms with Crippen LogP contribution in [0.1, 0.15) is 16.8 Å². The molecule has 5 heteroatoms. The summed E-state index contributed by atoms with van der Waals surface area (Å²) in [5.41, 5.74) is 8.58. The molecule has 0 unspecified atom stereocenters. The molecule has 0 amide bonds. The molecule has 0 saturated heterocycles. The molecule has 0 aliphatic carbocycles. The second kappa shape index (κ2) is 4.32. The van der Waals surface area contributed by atoms with Crippen molar-refractivity contribution in [2.45, 2.75) is 20.4 Å². The van der Waals surface area contributed by atoms with E-state index in [-0.39, 0.29) is 0 Å². The van der Waals surface area contributed by atoms with Crippen molar-refractivity contribution >= 4 is 0 Å². The predicted molar refractivity (Wildman–Crippen MR) is 60.3 cm³/mol. The summed E-state index contributed by atoms with van der Waals surface area (Å²) in [5, 5.41) is 6.80. The quantitative estimate of drug-likeness (QED) is 0.821. The van der Waals surface area contributed by atoms with Gasteiger partial charge >= 0.3 is 0 Å². The maximum atomic E-state index is 5.66. The summed E-state index contributed by atoms with van der Waals surface area (Å²) in [7, 11) is 0. The Bertz CT molecular complexity index is 492. The van der Waals surface area contributed by atoms with E-state index < -0.39 is 0 Å². The molecular weight excluding hydrogens is 204 g/mol. The Kier molecular flexibility index (Phi) is 2.87. The minimum absolute atomic E-state index is 0.401. The third-order valence-corrected chi connectivity index (χ3v) is 2.34. The molecule has 0 aromatic carbocycles. The number of pyridine rings is 1. The van der Waals surface area contributed by atoms with Crippen LogP contribution in [0.4, 0.5) is 0 Å². The van der Waals surface area contributed by atoms with Crippen molar-refractivity contribution in [1.29, 1.82) is 0 Å². The molecule has 0 aliphatic rings. The van der Waals surface area contributed by atoms with Crippen molar-refractivity contribution < 1.29 is 4.74 Å². The highest BCUT2D eigenvalue weighted by Crippen LogP contribution is 2.23. The first-order chi connectivity index (χ1) is 7.70. The lowest BCUT2D eigenvalue weighted by molar-refractivity contribution is 0.437. The number of aromatic amines is 1. The molecule has 16 heavy (non-hydrogen) atoms. The molecule has 0 bridgehead atoms. The van der Waals surface area contributed by atoms with E-state index in [1.807, 2.05) is 26.0 Å². The average Bonchev–Trinajstić information content (AvgIpc) is 2.64. The Labute approximate surface area is 93.7 Å². The normalized spacial score (nSPS) is 10.4. The second-order valence-electron chi connectivity index (χ2n) is 3.61. The molecule has 2 rings (SSSR count). The summed E-state index contributed by atoms with van der Waals surface area (Å²) in [5.74, 6) is 1.03. The summed E-state index contributed by atoms with van der Waals surface area (Å²) < 4.78 is 5.57. The van der Waals surface area contributed by atoms with Crippen molar-refractivity contribution in [3.05, 3.63) is 35.2 Å². The van der Waals surface area contributed by atoms with E-state index in [9.17, 15) is 0 Å². The highest BCUT2D eigenvalue weighted by atomic mass is 16.5. The number of hydrogen-bond acceptors (Lipinski definition) is 4. The van der Waals surface area contributed by atoms with E-state index in [2.05, 4.69) is 15.2 Å². The number of H-pyrrole nitrogens is 1. The fourth-order valence-corrected chi connectivity index (χ4v) is 1.44. The number of ether oxygens (including phenoxy) is 1. The van der Waals surface area contributed by atoms with Gasteiger partial charge < -0.3 is 10.5 Å². The molecule has 0 saturated carbocycles. The number of rotatable bonds is 3. The predicted octanol–water partition coefficient (Wildman–Crippen LogP) is 1.67. The van der Waals surface area contributed by atoms with Crippen LogP contribution in [0, 0.1) is 13.8 Å². The number of aryl methyl sites for hydroxylation is 2. The zero-order valence-corrected chi connectivity index (χ0v) is 9.32. The first-order valence-electron chi connectivity index (χ1n) is 5.05. The Balaban J connectivity index is 2.30. The average molecular weight is 218 g/mol. The minimum atomic E-state index is 0.401. The van der Waals surface area contributed by atoms with E-state index in [1.165, 1.54) is 0 Å². The molecule has 0 atom stereocenters. The van der Waals surface area contributed by atoms with E-state index >= 15 is 0 Å². The molecule has 2 aromatic rings. The monoisotopic (exact) mass is 218 g/mol. The maximum absolute atomic E-state index is 5.66. The van der Waals surface area contributed by atoms with Crippen molar-refractivity contribution in [3.63, 3.8) is 0 Å². The summed E-state index contributed by atoms with van der Waals surface area (Å²) >= 11 is 0. The zero-order chi connectivity index (χ0) is 11.5. The highest BCUT2D eigenvalue weighted by molar-refractivity contribution is 5.35. The number of nitrogens with zero attached hydrogens (tertiary/aromatic N) is 2. The first kappa shape index (κ1) is 10.6. The Hall–Kier alpha value is -1.88. The van der Waals surface area contributed by atoms with Gasteiger partial charge in [0, 0.05) is 30.1 Å². The number of nitrogens with one attached hydrogen (secondary N) is 1. The van der Waals surface area contributed by atoms with Gasteiger partial charge in [-0.1, -0.05) is 0 Å². The van der Waals surface area contributed by atoms with Crippen LogP contribution in [-0.4, -0.2) is 15.2 Å². The molecule has 5 nitrogen and oxygen atoms in total. The van der Waals surface area contributed by atoms with Crippen LogP contribution in [-0.2, 0) is 6.54 Å². The van der Waals surface area contributed by atoms with Gasteiger partial charge in [0.15, 0.2) is 0 Å². The van der Waals surface area contributed by atoms with Crippen LogP contribution >= 0.6 is 0 Å². The Morgan fingerprint density at radius 2 is 2.25 bits per heavy atom. The van der Waals surface area contributed by atoms with Crippen molar-refractivity contribution in [2.24, 2.45) is 5.73 Å². The SMILES string of the molecule is Cc1cc(Oc2nccc(C)c2CN)n[nH]1. The fourth-order valence-electron chi connectivity index (χ4n) is 1.44. The molecule has 0 aliphatic heterocycles. The number of aromatic nitrogens is 3. The lowest BCUT2D eigenvalue weighted by atomic mass is 10.1. The lowest BCUT2D eigenvalue weighted by Gasteiger charge is -2.08. The third-order valence-electron chi connectivity index (χ3n) is 2.34. The molecule has 2 aromatic heterocycles. The molecular formula is C11H14N4O. The first-order valence-corrected chi connectivity index (χ1v) is 5.05. The lowest BCUT2D eigenvalue weighted by Crippen LogP contribution is -2.03. The largest absolute Gasteiger partial charge is 0.419 e. The number of hydrogen-bond donors (Lipinski definition) is 2. The van der Waals surface area contributed by atoms with Gasteiger partial charge in [-0.15, -0.1) is 5.10 Å². The van der Waals surface area contributed by atoms with Gasteiger partial charge in [-0.05, 0) is 25.5 Å². The zero-order valence-electron chi connectivity index (χ0n) is 9.32. The topological polar surface area (TPSA) is 76.8 Å². The van der Waals surface area contributed by atoms with Gasteiger partial charge in [0.2, 0.25) is 11.8 Å². The van der Waals surface area contributed by atoms with E-state index in [0.717, 1.165) is 16.8 Å². The van der Waals surface area contributed by atoms with Crippen molar-refractivity contribution in [2.75, 3.05) is 0 Å². The van der Waals surface area contributed by atoms with Crippen molar-refractivity contribution in [3.8, 4) is 11.8 Å². The van der Waals surface area contributed by atoms with Crippen LogP contribution in [0.5, 0.6) is 11.8 Å². The van der Waals surface area contributed by atoms with Crippen LogP contribution in [0.25, 0.3) is 0 Å². The maximum Gasteiger partial charge on any atom is 0.240 e. The molecule has 3 N–H and O–H groups in total. The molecule has 0 fully saturated rings. The fraction of sp³-hybridized carbons (Fsp3) is 0.273. The van der Waals surface area contributed by atoms with Crippen molar-refractivity contribution in [1.82, 2.24) is 15.2 Å². The molecule has 0 spiro atoms. The van der Waals surface area contributed by atoms with Gasteiger partial charge in [0.25, 0.3) is 0 Å². The van der Waals surface area contributed by atoms with E-state index in [1.54, 1.807) is 6.20 Å². The smallest absolute Gasteiger partial charge is 0.240 e. The highest BCUT2D eigenvalue weighted by Gasteiger charge is 2.09. The molecule has 84 valence electrons. The Morgan fingerprint density at radius 3 is 2.88 bits per heavy atom.